The predicted molar refractivity (Wildman–Crippen MR) is 91.5 cm³/mol. The lowest BCUT2D eigenvalue weighted by molar-refractivity contribution is 0.0948. The highest BCUT2D eigenvalue weighted by atomic mass is 19.1. The van der Waals surface area contributed by atoms with Crippen LogP contribution in [0.2, 0.25) is 0 Å². The minimum absolute atomic E-state index is 0.206. The SMILES string of the molecule is C[C@H]1Nc2ccn3ccc(c3n2)C(=O)NCCOc2ccc(F)cc21. The lowest BCUT2D eigenvalue weighted by Crippen LogP contribution is -2.28. The number of fused-ring (bicyclic) bond motifs is 2. The van der Waals surface area contributed by atoms with Gasteiger partial charge in [-0.15, -0.1) is 0 Å². The molecule has 0 spiro atoms. The molecule has 1 aliphatic heterocycles. The van der Waals surface area contributed by atoms with Gasteiger partial charge in [-0.05, 0) is 37.3 Å². The zero-order chi connectivity index (χ0) is 17.4. The molecule has 0 saturated carbocycles. The van der Waals surface area contributed by atoms with Crippen molar-refractivity contribution in [1.29, 1.82) is 0 Å². The van der Waals surface area contributed by atoms with Gasteiger partial charge in [0.05, 0.1) is 18.2 Å². The highest BCUT2D eigenvalue weighted by molar-refractivity contribution is 6.00. The van der Waals surface area contributed by atoms with E-state index in [9.17, 15) is 9.18 Å². The number of amides is 1. The fourth-order valence-electron chi connectivity index (χ4n) is 2.95. The van der Waals surface area contributed by atoms with Crippen LogP contribution in [-0.4, -0.2) is 28.4 Å². The summed E-state index contributed by atoms with van der Waals surface area (Å²) in [5.74, 6) is 0.646. The van der Waals surface area contributed by atoms with Crippen molar-refractivity contribution in [2.45, 2.75) is 13.0 Å². The first-order chi connectivity index (χ1) is 12.1. The van der Waals surface area contributed by atoms with Gasteiger partial charge in [0.25, 0.3) is 5.91 Å². The van der Waals surface area contributed by atoms with E-state index in [1.54, 1.807) is 22.7 Å². The van der Waals surface area contributed by atoms with Crippen LogP contribution in [0.15, 0.2) is 42.7 Å². The lowest BCUT2D eigenvalue weighted by Gasteiger charge is -2.19. The van der Waals surface area contributed by atoms with Crippen LogP contribution in [0, 0.1) is 5.82 Å². The second-order valence-corrected chi connectivity index (χ2v) is 5.93. The molecule has 0 fully saturated rings. The topological polar surface area (TPSA) is 67.7 Å². The summed E-state index contributed by atoms with van der Waals surface area (Å²) >= 11 is 0. The van der Waals surface area contributed by atoms with Gasteiger partial charge in [-0.1, -0.05) is 0 Å². The van der Waals surface area contributed by atoms with Gasteiger partial charge in [0.1, 0.15) is 24.0 Å². The first kappa shape index (κ1) is 15.4. The number of carbonyl (C=O) groups excluding carboxylic acids is 1. The Hall–Kier alpha value is -3.09. The molecule has 128 valence electrons. The third-order valence-corrected chi connectivity index (χ3v) is 4.20. The van der Waals surface area contributed by atoms with E-state index < -0.39 is 0 Å². The zero-order valence-electron chi connectivity index (χ0n) is 13.6. The van der Waals surface area contributed by atoms with Crippen LogP contribution in [0.3, 0.4) is 0 Å². The number of hydrogen-bond donors (Lipinski definition) is 2. The smallest absolute Gasteiger partial charge is 0.255 e. The van der Waals surface area contributed by atoms with Crippen LogP contribution in [0.5, 0.6) is 5.75 Å². The molecule has 0 saturated heterocycles. The van der Waals surface area contributed by atoms with E-state index in [0.717, 1.165) is 0 Å². The average Bonchev–Trinajstić information content (AvgIpc) is 3.02. The third kappa shape index (κ3) is 2.88. The summed E-state index contributed by atoms with van der Waals surface area (Å²) < 4.78 is 21.2. The normalized spacial score (nSPS) is 17.5. The van der Waals surface area contributed by atoms with E-state index in [2.05, 4.69) is 15.6 Å². The van der Waals surface area contributed by atoms with Crippen molar-refractivity contribution in [2.24, 2.45) is 0 Å². The highest BCUT2D eigenvalue weighted by Gasteiger charge is 2.17. The maximum atomic E-state index is 13.7. The number of ether oxygens (including phenoxy) is 1. The minimum atomic E-state index is -0.328. The first-order valence-electron chi connectivity index (χ1n) is 8.06. The van der Waals surface area contributed by atoms with Crippen LogP contribution in [0.25, 0.3) is 5.65 Å². The number of aromatic nitrogens is 2. The number of hydrogen-bond acceptors (Lipinski definition) is 4. The summed E-state index contributed by atoms with van der Waals surface area (Å²) in [7, 11) is 0. The molecular weight excluding hydrogens is 323 g/mol. The maximum absolute atomic E-state index is 13.7. The van der Waals surface area contributed by atoms with Gasteiger partial charge in [-0.3, -0.25) is 4.79 Å². The quantitative estimate of drug-likeness (QED) is 0.660. The van der Waals surface area contributed by atoms with E-state index in [1.165, 1.54) is 12.1 Å². The van der Waals surface area contributed by atoms with Crippen molar-refractivity contribution >= 4 is 17.4 Å². The Kier molecular flexibility index (Phi) is 3.76. The minimum Gasteiger partial charge on any atom is -0.491 e. The van der Waals surface area contributed by atoms with E-state index in [1.807, 2.05) is 19.2 Å². The number of halogens is 1. The molecule has 2 aromatic heterocycles. The Balaban J connectivity index is 1.80. The monoisotopic (exact) mass is 340 g/mol. The molecule has 0 unspecified atom stereocenters. The average molecular weight is 340 g/mol. The van der Waals surface area contributed by atoms with Gasteiger partial charge in [0.15, 0.2) is 5.65 Å². The van der Waals surface area contributed by atoms with Gasteiger partial charge in [0, 0.05) is 18.0 Å². The van der Waals surface area contributed by atoms with Crippen LogP contribution in [-0.2, 0) is 0 Å². The second-order valence-electron chi connectivity index (χ2n) is 5.93. The number of nitrogens with one attached hydrogen (secondary N) is 2. The molecule has 6 nitrogen and oxygen atoms in total. The number of anilines is 1. The Morgan fingerprint density at radius 2 is 2.12 bits per heavy atom. The van der Waals surface area contributed by atoms with Crippen molar-refractivity contribution < 1.29 is 13.9 Å². The molecule has 25 heavy (non-hydrogen) atoms. The number of nitrogens with zero attached hydrogens (tertiary/aromatic N) is 2. The molecule has 1 aliphatic rings. The van der Waals surface area contributed by atoms with E-state index >= 15 is 0 Å². The van der Waals surface area contributed by atoms with Crippen molar-refractivity contribution in [3.63, 3.8) is 0 Å². The summed E-state index contributed by atoms with van der Waals surface area (Å²) in [4.78, 5) is 16.9. The molecule has 4 rings (SSSR count). The van der Waals surface area contributed by atoms with Crippen molar-refractivity contribution in [3.8, 4) is 5.75 Å². The molecule has 2 N–H and O–H groups in total. The summed E-state index contributed by atoms with van der Waals surface area (Å²) in [6.07, 6.45) is 3.62. The Morgan fingerprint density at radius 1 is 1.28 bits per heavy atom. The third-order valence-electron chi connectivity index (χ3n) is 4.20. The molecule has 1 aromatic carbocycles. The number of benzene rings is 1. The Morgan fingerprint density at radius 3 is 3.00 bits per heavy atom. The number of carbonyl (C=O) groups is 1. The molecule has 0 aliphatic carbocycles. The van der Waals surface area contributed by atoms with Crippen molar-refractivity contribution in [2.75, 3.05) is 18.5 Å². The standard InChI is InChI=1S/C18H17FN4O2/c1-11-14-10-12(19)2-3-15(14)25-9-6-20-18(24)13-4-7-23-8-5-16(21-11)22-17(13)23/h2-5,7-8,10-11H,6,9H2,1H3,(H,20,24)(H,21,22)/t11-/m1/s1. The zero-order valence-corrected chi connectivity index (χ0v) is 13.6. The van der Waals surface area contributed by atoms with Gasteiger partial charge >= 0.3 is 0 Å². The van der Waals surface area contributed by atoms with E-state index in [4.69, 9.17) is 4.74 Å². The van der Waals surface area contributed by atoms with Gasteiger partial charge in [-0.25, -0.2) is 9.37 Å². The Bertz CT molecular complexity index is 953. The predicted octanol–water partition coefficient (Wildman–Crippen LogP) is 2.77. The molecule has 7 heteroatoms. The highest BCUT2D eigenvalue weighted by Crippen LogP contribution is 2.29. The van der Waals surface area contributed by atoms with Crippen LogP contribution >= 0.6 is 0 Å². The van der Waals surface area contributed by atoms with Crippen LogP contribution in [0.1, 0.15) is 28.9 Å². The first-order valence-corrected chi connectivity index (χ1v) is 8.06. The molecule has 1 atom stereocenters. The van der Waals surface area contributed by atoms with Gasteiger partial charge in [-0.2, -0.15) is 0 Å². The second kappa shape index (κ2) is 6.08. The largest absolute Gasteiger partial charge is 0.491 e. The molecule has 3 aromatic rings. The molecule has 1 amide bonds. The molecule has 2 bridgehead atoms. The van der Waals surface area contributed by atoms with E-state index in [-0.39, 0.29) is 17.8 Å². The molecular formula is C18H17FN4O2. The molecule has 3 heterocycles. The number of rotatable bonds is 0. The van der Waals surface area contributed by atoms with Gasteiger partial charge in [0.2, 0.25) is 0 Å². The Labute approximate surface area is 143 Å². The van der Waals surface area contributed by atoms with Crippen molar-refractivity contribution in [3.05, 3.63) is 59.7 Å². The maximum Gasteiger partial charge on any atom is 0.255 e. The summed E-state index contributed by atoms with van der Waals surface area (Å²) in [5, 5.41) is 6.07. The summed E-state index contributed by atoms with van der Waals surface area (Å²) in [6.45, 7) is 2.54. The van der Waals surface area contributed by atoms with Gasteiger partial charge < -0.3 is 19.8 Å². The van der Waals surface area contributed by atoms with E-state index in [0.29, 0.717) is 41.5 Å². The van der Waals surface area contributed by atoms with Crippen LogP contribution < -0.4 is 15.4 Å². The lowest BCUT2D eigenvalue weighted by atomic mass is 10.1. The van der Waals surface area contributed by atoms with Crippen molar-refractivity contribution in [1.82, 2.24) is 14.7 Å². The van der Waals surface area contributed by atoms with Crippen LogP contribution in [0.4, 0.5) is 10.2 Å². The fraction of sp³-hybridized carbons (Fsp3) is 0.222. The summed E-state index contributed by atoms with van der Waals surface area (Å²) in [6, 6.07) is 7.74. The summed E-state index contributed by atoms with van der Waals surface area (Å²) in [5.41, 5.74) is 1.76. The molecule has 0 radical (unpaired) electrons. The fourth-order valence-corrected chi connectivity index (χ4v) is 2.95.